The molecule has 0 radical (unpaired) electrons. The summed E-state index contributed by atoms with van der Waals surface area (Å²) >= 11 is 0. The smallest absolute Gasteiger partial charge is 0.338 e. The maximum atomic E-state index is 11.6. The van der Waals surface area contributed by atoms with Crippen LogP contribution in [0.4, 0.5) is 0 Å². The summed E-state index contributed by atoms with van der Waals surface area (Å²) in [6, 6.07) is 12.8. The van der Waals surface area contributed by atoms with Crippen molar-refractivity contribution >= 4 is 5.97 Å². The van der Waals surface area contributed by atoms with Crippen LogP contribution < -0.4 is 9.47 Å². The molecule has 0 spiro atoms. The second kappa shape index (κ2) is 7.81. The van der Waals surface area contributed by atoms with E-state index in [0.717, 1.165) is 16.7 Å². The molecule has 2 aromatic carbocycles. The SMILES string of the molecule is C=C(C)C(=O)Oc1ccc(-c2ccc(OC(O)C(=C)C)cc2)c(C)c1. The Bertz CT molecular complexity index is 803. The Kier molecular flexibility index (Phi) is 5.78. The molecule has 0 bridgehead atoms. The third-order valence-electron chi connectivity index (χ3n) is 3.59. The molecule has 2 aromatic rings. The van der Waals surface area contributed by atoms with Crippen LogP contribution >= 0.6 is 0 Å². The lowest BCUT2D eigenvalue weighted by atomic mass is 10.0. The summed E-state index contributed by atoms with van der Waals surface area (Å²) < 4.78 is 10.6. The van der Waals surface area contributed by atoms with E-state index in [-0.39, 0.29) is 0 Å². The molecular formula is C21H22O4. The van der Waals surface area contributed by atoms with Gasteiger partial charge in [0.15, 0.2) is 0 Å². The Morgan fingerprint density at radius 3 is 2.16 bits per heavy atom. The van der Waals surface area contributed by atoms with Gasteiger partial charge in [-0.1, -0.05) is 31.4 Å². The van der Waals surface area contributed by atoms with Gasteiger partial charge in [0, 0.05) is 5.57 Å². The van der Waals surface area contributed by atoms with Gasteiger partial charge < -0.3 is 14.6 Å². The van der Waals surface area contributed by atoms with Crippen molar-refractivity contribution < 1.29 is 19.4 Å². The van der Waals surface area contributed by atoms with Gasteiger partial charge in [0.05, 0.1) is 0 Å². The van der Waals surface area contributed by atoms with Crippen molar-refractivity contribution in [3.8, 4) is 22.6 Å². The predicted molar refractivity (Wildman–Crippen MR) is 98.5 cm³/mol. The lowest BCUT2D eigenvalue weighted by Crippen LogP contribution is -2.15. The maximum Gasteiger partial charge on any atom is 0.338 e. The van der Waals surface area contributed by atoms with Gasteiger partial charge in [-0.15, -0.1) is 0 Å². The lowest BCUT2D eigenvalue weighted by molar-refractivity contribution is -0.130. The van der Waals surface area contributed by atoms with E-state index in [2.05, 4.69) is 13.2 Å². The standard InChI is InChI=1S/C21H22O4/c1-13(2)20(22)24-17-8-6-16(7-9-17)19-11-10-18(12-15(19)5)25-21(23)14(3)4/h6-12,20,22H,1,3H2,2,4-5H3. The Balaban J connectivity index is 2.17. The fourth-order valence-corrected chi connectivity index (χ4v) is 2.16. The van der Waals surface area contributed by atoms with Gasteiger partial charge in [0.2, 0.25) is 6.29 Å². The number of carbonyl (C=O) groups is 1. The van der Waals surface area contributed by atoms with Gasteiger partial charge in [-0.2, -0.15) is 0 Å². The average molecular weight is 338 g/mol. The van der Waals surface area contributed by atoms with Gasteiger partial charge >= 0.3 is 5.97 Å². The molecule has 1 atom stereocenters. The monoisotopic (exact) mass is 338 g/mol. The van der Waals surface area contributed by atoms with Crippen molar-refractivity contribution in [3.63, 3.8) is 0 Å². The Morgan fingerprint density at radius 1 is 1.04 bits per heavy atom. The van der Waals surface area contributed by atoms with Crippen LogP contribution in [0.2, 0.25) is 0 Å². The van der Waals surface area contributed by atoms with Crippen LogP contribution in [-0.2, 0) is 4.79 Å². The van der Waals surface area contributed by atoms with E-state index in [0.29, 0.717) is 22.6 Å². The topological polar surface area (TPSA) is 55.8 Å². The second-order valence-electron chi connectivity index (χ2n) is 5.99. The first-order valence-corrected chi connectivity index (χ1v) is 7.87. The molecule has 0 aliphatic heterocycles. The van der Waals surface area contributed by atoms with Gasteiger partial charge in [0.1, 0.15) is 11.5 Å². The average Bonchev–Trinajstić information content (AvgIpc) is 2.55. The summed E-state index contributed by atoms with van der Waals surface area (Å²) in [6.07, 6.45) is -1.02. The van der Waals surface area contributed by atoms with Crippen molar-refractivity contribution in [3.05, 3.63) is 72.3 Å². The Morgan fingerprint density at radius 2 is 1.64 bits per heavy atom. The summed E-state index contributed by atoms with van der Waals surface area (Å²) in [5.41, 5.74) is 3.88. The predicted octanol–water partition coefficient (Wildman–Crippen LogP) is 4.42. The highest BCUT2D eigenvalue weighted by atomic mass is 16.6. The van der Waals surface area contributed by atoms with E-state index in [1.807, 2.05) is 31.2 Å². The molecule has 0 aliphatic rings. The summed E-state index contributed by atoms with van der Waals surface area (Å²) in [5, 5.41) is 9.68. The van der Waals surface area contributed by atoms with Crippen molar-refractivity contribution in [1.29, 1.82) is 0 Å². The number of rotatable bonds is 6. The third kappa shape index (κ3) is 4.81. The number of ether oxygens (including phenoxy) is 2. The minimum Gasteiger partial charge on any atom is -0.461 e. The summed E-state index contributed by atoms with van der Waals surface area (Å²) in [6.45, 7) is 12.5. The summed E-state index contributed by atoms with van der Waals surface area (Å²) in [5.74, 6) is 0.604. The summed E-state index contributed by atoms with van der Waals surface area (Å²) in [7, 11) is 0. The fourth-order valence-electron chi connectivity index (χ4n) is 2.16. The normalized spacial score (nSPS) is 11.5. The number of hydrogen-bond acceptors (Lipinski definition) is 4. The highest BCUT2D eigenvalue weighted by Gasteiger charge is 2.10. The van der Waals surface area contributed by atoms with E-state index in [9.17, 15) is 9.90 Å². The van der Waals surface area contributed by atoms with Crippen LogP contribution in [0.25, 0.3) is 11.1 Å². The number of aliphatic hydroxyl groups excluding tert-OH is 1. The number of aliphatic hydroxyl groups is 1. The molecule has 4 heteroatoms. The van der Waals surface area contributed by atoms with Crippen LogP contribution in [0.15, 0.2) is 66.8 Å². The molecule has 0 amide bonds. The van der Waals surface area contributed by atoms with Gasteiger partial charge in [-0.25, -0.2) is 4.79 Å². The number of aryl methyl sites for hydroxylation is 1. The molecule has 1 N–H and O–H groups in total. The molecular weight excluding hydrogens is 316 g/mol. The summed E-state index contributed by atoms with van der Waals surface area (Å²) in [4.78, 5) is 11.6. The van der Waals surface area contributed by atoms with Crippen molar-refractivity contribution in [2.75, 3.05) is 0 Å². The molecule has 0 saturated carbocycles. The Labute approximate surface area is 148 Å². The van der Waals surface area contributed by atoms with E-state index in [4.69, 9.17) is 9.47 Å². The largest absolute Gasteiger partial charge is 0.461 e. The van der Waals surface area contributed by atoms with Crippen LogP contribution in [0, 0.1) is 6.92 Å². The van der Waals surface area contributed by atoms with Crippen LogP contribution in [0.5, 0.6) is 11.5 Å². The molecule has 25 heavy (non-hydrogen) atoms. The molecule has 0 fully saturated rings. The number of carbonyl (C=O) groups excluding carboxylic acids is 1. The first-order valence-electron chi connectivity index (χ1n) is 7.87. The number of benzene rings is 2. The molecule has 130 valence electrons. The van der Waals surface area contributed by atoms with Crippen molar-refractivity contribution in [1.82, 2.24) is 0 Å². The lowest BCUT2D eigenvalue weighted by Gasteiger charge is -2.14. The zero-order valence-electron chi connectivity index (χ0n) is 14.7. The Hall–Kier alpha value is -2.85. The fraction of sp³-hybridized carbons (Fsp3) is 0.190. The molecule has 4 nitrogen and oxygen atoms in total. The zero-order valence-corrected chi connectivity index (χ0v) is 14.7. The minimum absolute atomic E-state index is 0.356. The first kappa shape index (κ1) is 18.5. The van der Waals surface area contributed by atoms with Crippen LogP contribution in [0.1, 0.15) is 19.4 Å². The van der Waals surface area contributed by atoms with E-state index >= 15 is 0 Å². The molecule has 0 heterocycles. The number of esters is 1. The minimum atomic E-state index is -1.02. The van der Waals surface area contributed by atoms with Gasteiger partial charge in [0.25, 0.3) is 0 Å². The van der Waals surface area contributed by atoms with E-state index in [1.165, 1.54) is 0 Å². The molecule has 0 saturated heterocycles. The zero-order chi connectivity index (χ0) is 18.6. The van der Waals surface area contributed by atoms with Gasteiger partial charge in [-0.3, -0.25) is 0 Å². The van der Waals surface area contributed by atoms with Crippen LogP contribution in [0.3, 0.4) is 0 Å². The number of hydrogen-bond donors (Lipinski definition) is 1. The molecule has 0 aromatic heterocycles. The highest BCUT2D eigenvalue weighted by Crippen LogP contribution is 2.29. The highest BCUT2D eigenvalue weighted by molar-refractivity contribution is 5.88. The van der Waals surface area contributed by atoms with E-state index < -0.39 is 12.3 Å². The maximum absolute atomic E-state index is 11.6. The van der Waals surface area contributed by atoms with Crippen molar-refractivity contribution in [2.24, 2.45) is 0 Å². The molecule has 0 aliphatic carbocycles. The third-order valence-corrected chi connectivity index (χ3v) is 3.59. The van der Waals surface area contributed by atoms with Crippen molar-refractivity contribution in [2.45, 2.75) is 27.1 Å². The van der Waals surface area contributed by atoms with Gasteiger partial charge in [-0.05, 0) is 67.3 Å². The molecule has 1 unspecified atom stereocenters. The quantitative estimate of drug-likeness (QED) is 0.279. The first-order chi connectivity index (χ1) is 11.8. The molecule has 2 rings (SSSR count). The second-order valence-corrected chi connectivity index (χ2v) is 5.99. The van der Waals surface area contributed by atoms with E-state index in [1.54, 1.807) is 32.0 Å². The van der Waals surface area contributed by atoms with Crippen LogP contribution in [-0.4, -0.2) is 17.4 Å².